The first-order valence-corrected chi connectivity index (χ1v) is 4.49. The minimum atomic E-state index is -0.858. The summed E-state index contributed by atoms with van der Waals surface area (Å²) in [5.74, 6) is -0.463. The van der Waals surface area contributed by atoms with E-state index < -0.39 is 5.97 Å². The van der Waals surface area contributed by atoms with Crippen LogP contribution in [0.4, 0.5) is 0 Å². The van der Waals surface area contributed by atoms with Gasteiger partial charge < -0.3 is 10.1 Å². The summed E-state index contributed by atoms with van der Waals surface area (Å²) >= 11 is 0. The number of carboxylic acids is 1. The van der Waals surface area contributed by atoms with Gasteiger partial charge in [-0.15, -0.1) is 0 Å². The van der Waals surface area contributed by atoms with Gasteiger partial charge in [0.25, 0.3) is 0 Å². The molecule has 0 spiro atoms. The number of nitrogens with one attached hydrogen (secondary N) is 1. The number of aryl methyl sites for hydroxylation is 1. The van der Waals surface area contributed by atoms with Crippen LogP contribution in [0, 0.1) is 6.92 Å². The zero-order chi connectivity index (χ0) is 10.0. The van der Waals surface area contributed by atoms with E-state index in [1.807, 2.05) is 0 Å². The first kappa shape index (κ1) is 9.84. The Hall–Kier alpha value is -1.25. The van der Waals surface area contributed by atoms with Crippen molar-refractivity contribution in [1.82, 2.24) is 4.98 Å². The molecule has 0 radical (unpaired) electrons. The minimum absolute atomic E-state index is 0.385. The first-order chi connectivity index (χ1) is 6.06. The van der Waals surface area contributed by atoms with E-state index >= 15 is 0 Å². The number of aromatic amines is 1. The highest BCUT2D eigenvalue weighted by molar-refractivity contribution is 5.89. The van der Waals surface area contributed by atoms with Gasteiger partial charge in [-0.25, -0.2) is 4.79 Å². The van der Waals surface area contributed by atoms with Gasteiger partial charge in [0.2, 0.25) is 0 Å². The molecular weight excluding hydrogens is 166 g/mol. The second-order valence-electron chi connectivity index (χ2n) is 3.38. The molecule has 13 heavy (non-hydrogen) atoms. The maximum absolute atomic E-state index is 10.7. The molecule has 0 saturated heterocycles. The van der Waals surface area contributed by atoms with Crippen molar-refractivity contribution in [3.05, 3.63) is 23.0 Å². The lowest BCUT2D eigenvalue weighted by molar-refractivity contribution is 0.0696. The molecule has 0 saturated carbocycles. The van der Waals surface area contributed by atoms with Crippen LogP contribution in [0.15, 0.2) is 6.07 Å². The van der Waals surface area contributed by atoms with Crippen molar-refractivity contribution >= 4 is 5.97 Å². The summed E-state index contributed by atoms with van der Waals surface area (Å²) in [4.78, 5) is 13.8. The maximum atomic E-state index is 10.7. The third kappa shape index (κ3) is 1.91. The van der Waals surface area contributed by atoms with Gasteiger partial charge in [0.15, 0.2) is 0 Å². The minimum Gasteiger partial charge on any atom is -0.478 e. The van der Waals surface area contributed by atoms with E-state index in [4.69, 9.17) is 5.11 Å². The largest absolute Gasteiger partial charge is 0.478 e. The average molecular weight is 181 g/mol. The van der Waals surface area contributed by atoms with Gasteiger partial charge in [0.05, 0.1) is 5.56 Å². The number of hydrogen-bond donors (Lipinski definition) is 2. The van der Waals surface area contributed by atoms with Crippen LogP contribution in [-0.4, -0.2) is 16.1 Å². The van der Waals surface area contributed by atoms with Crippen molar-refractivity contribution in [2.75, 3.05) is 0 Å². The second kappa shape index (κ2) is 3.64. The number of aromatic nitrogens is 1. The molecule has 1 aromatic rings. The molecule has 0 amide bonds. The zero-order valence-electron chi connectivity index (χ0n) is 8.22. The van der Waals surface area contributed by atoms with E-state index in [0.717, 1.165) is 17.8 Å². The fourth-order valence-electron chi connectivity index (χ4n) is 1.29. The van der Waals surface area contributed by atoms with Gasteiger partial charge in [0.1, 0.15) is 0 Å². The highest BCUT2D eigenvalue weighted by atomic mass is 16.4. The summed E-state index contributed by atoms with van der Waals surface area (Å²) in [5.41, 5.74) is 2.13. The van der Waals surface area contributed by atoms with Crippen LogP contribution in [0.3, 0.4) is 0 Å². The van der Waals surface area contributed by atoms with Crippen molar-refractivity contribution < 1.29 is 9.90 Å². The van der Waals surface area contributed by atoms with E-state index in [1.54, 1.807) is 13.0 Å². The molecule has 0 fully saturated rings. The summed E-state index contributed by atoms with van der Waals surface area (Å²) in [6.45, 7) is 5.95. The molecule has 1 aromatic heterocycles. The number of rotatable bonds is 3. The molecule has 1 atom stereocenters. The molecule has 2 N–H and O–H groups in total. The maximum Gasteiger partial charge on any atom is 0.337 e. The summed E-state index contributed by atoms with van der Waals surface area (Å²) in [7, 11) is 0. The molecule has 1 heterocycles. The van der Waals surface area contributed by atoms with E-state index in [1.165, 1.54) is 0 Å². The fraction of sp³-hybridized carbons (Fsp3) is 0.500. The molecule has 3 nitrogen and oxygen atoms in total. The number of carboxylic acid groups (broad SMARTS) is 1. The lowest BCUT2D eigenvalue weighted by Crippen LogP contribution is -1.95. The summed E-state index contributed by atoms with van der Waals surface area (Å²) in [5, 5.41) is 8.81. The van der Waals surface area contributed by atoms with Crippen LogP contribution in [-0.2, 0) is 0 Å². The standard InChI is InChI=1S/C10H15NO2/c1-4-6(2)9-5-8(10(12)13)7(3)11-9/h5-6,11H,4H2,1-3H3,(H,12,13). The van der Waals surface area contributed by atoms with Crippen molar-refractivity contribution in [1.29, 1.82) is 0 Å². The Morgan fingerprint density at radius 1 is 1.69 bits per heavy atom. The molecule has 0 aromatic carbocycles. The monoisotopic (exact) mass is 181 g/mol. The molecule has 0 aliphatic carbocycles. The molecule has 0 aliphatic heterocycles. The molecule has 1 rings (SSSR count). The smallest absolute Gasteiger partial charge is 0.337 e. The Morgan fingerprint density at radius 3 is 2.69 bits per heavy atom. The Balaban J connectivity index is 3.01. The predicted octanol–water partition coefficient (Wildman–Crippen LogP) is 2.53. The Morgan fingerprint density at radius 2 is 2.31 bits per heavy atom. The van der Waals surface area contributed by atoms with Gasteiger partial charge >= 0.3 is 5.97 Å². The second-order valence-corrected chi connectivity index (χ2v) is 3.38. The van der Waals surface area contributed by atoms with Crippen LogP contribution in [0.2, 0.25) is 0 Å². The van der Waals surface area contributed by atoms with Crippen LogP contribution in [0.5, 0.6) is 0 Å². The Bertz CT molecular complexity index is 315. The molecule has 0 bridgehead atoms. The highest BCUT2D eigenvalue weighted by Gasteiger charge is 2.13. The molecule has 1 unspecified atom stereocenters. The van der Waals surface area contributed by atoms with Crippen molar-refractivity contribution in [3.8, 4) is 0 Å². The van der Waals surface area contributed by atoms with Crippen molar-refractivity contribution in [2.24, 2.45) is 0 Å². The zero-order valence-corrected chi connectivity index (χ0v) is 8.22. The van der Waals surface area contributed by atoms with Crippen LogP contribution in [0.1, 0.15) is 47.9 Å². The molecule has 3 heteroatoms. The molecular formula is C10H15NO2. The van der Waals surface area contributed by atoms with E-state index in [-0.39, 0.29) is 0 Å². The van der Waals surface area contributed by atoms with E-state index in [0.29, 0.717) is 11.5 Å². The number of H-pyrrole nitrogens is 1. The predicted molar refractivity (Wildman–Crippen MR) is 51.2 cm³/mol. The van der Waals surface area contributed by atoms with Gasteiger partial charge in [-0.2, -0.15) is 0 Å². The number of aromatic carboxylic acids is 1. The van der Waals surface area contributed by atoms with E-state index in [9.17, 15) is 4.79 Å². The van der Waals surface area contributed by atoms with Gasteiger partial charge in [-0.1, -0.05) is 13.8 Å². The SMILES string of the molecule is CCC(C)c1cc(C(=O)O)c(C)[nH]1. The summed E-state index contributed by atoms with van der Waals surface area (Å²) in [6, 6.07) is 1.73. The molecule has 0 aliphatic rings. The van der Waals surface area contributed by atoms with Crippen LogP contribution in [0.25, 0.3) is 0 Å². The lowest BCUT2D eigenvalue weighted by Gasteiger charge is -2.03. The summed E-state index contributed by atoms with van der Waals surface area (Å²) in [6.07, 6.45) is 1.01. The van der Waals surface area contributed by atoms with Crippen molar-refractivity contribution in [3.63, 3.8) is 0 Å². The van der Waals surface area contributed by atoms with Crippen LogP contribution >= 0.6 is 0 Å². The Kier molecular flexibility index (Phi) is 2.76. The normalized spacial score (nSPS) is 12.8. The topological polar surface area (TPSA) is 53.1 Å². The Labute approximate surface area is 77.8 Å². The molecule has 72 valence electrons. The van der Waals surface area contributed by atoms with Crippen molar-refractivity contribution in [2.45, 2.75) is 33.1 Å². The van der Waals surface area contributed by atoms with Gasteiger partial charge in [-0.3, -0.25) is 0 Å². The van der Waals surface area contributed by atoms with Crippen LogP contribution < -0.4 is 0 Å². The lowest BCUT2D eigenvalue weighted by atomic mass is 10.1. The quantitative estimate of drug-likeness (QED) is 0.752. The number of carbonyl (C=O) groups is 1. The van der Waals surface area contributed by atoms with Gasteiger partial charge in [0, 0.05) is 11.4 Å². The third-order valence-corrected chi connectivity index (χ3v) is 2.41. The van der Waals surface area contributed by atoms with Gasteiger partial charge in [-0.05, 0) is 25.3 Å². The number of hydrogen-bond acceptors (Lipinski definition) is 1. The first-order valence-electron chi connectivity index (χ1n) is 4.49. The highest BCUT2D eigenvalue weighted by Crippen LogP contribution is 2.20. The average Bonchev–Trinajstić information content (AvgIpc) is 2.46. The fourth-order valence-corrected chi connectivity index (χ4v) is 1.29. The third-order valence-electron chi connectivity index (χ3n) is 2.41. The summed E-state index contributed by atoms with van der Waals surface area (Å²) < 4.78 is 0. The van der Waals surface area contributed by atoms with E-state index in [2.05, 4.69) is 18.8 Å².